The van der Waals surface area contributed by atoms with Crippen molar-refractivity contribution in [2.24, 2.45) is 5.92 Å². The molecule has 86 valence electrons. The maximum atomic E-state index is 5.58. The molecule has 0 aliphatic heterocycles. The largest absolute Gasteiger partial charge is 0.375 e. The fourth-order valence-corrected chi connectivity index (χ4v) is 2.31. The number of thiazole rings is 1. The molecule has 0 unspecified atom stereocenters. The molecule has 0 bridgehead atoms. The molecule has 3 nitrogen and oxygen atoms in total. The second-order valence-electron chi connectivity index (χ2n) is 4.13. The quantitative estimate of drug-likeness (QED) is 0.869. The third-order valence-corrected chi connectivity index (χ3v) is 3.42. The average molecular weight is 248 g/mol. The Kier molecular flexibility index (Phi) is 4.83. The maximum absolute atomic E-state index is 5.58. The van der Waals surface area contributed by atoms with Gasteiger partial charge in [0.1, 0.15) is 0 Å². The second kappa shape index (κ2) is 5.68. The number of nitrogen functional groups attached to an aromatic ring is 1. The van der Waals surface area contributed by atoms with E-state index in [1.165, 1.54) is 30.7 Å². The third-order valence-electron chi connectivity index (χ3n) is 2.61. The van der Waals surface area contributed by atoms with Gasteiger partial charge >= 0.3 is 0 Å². The molecule has 1 aliphatic rings. The van der Waals surface area contributed by atoms with E-state index >= 15 is 0 Å². The van der Waals surface area contributed by atoms with Crippen molar-refractivity contribution in [3.8, 4) is 0 Å². The fourth-order valence-electron chi connectivity index (χ4n) is 1.55. The van der Waals surface area contributed by atoms with Crippen molar-refractivity contribution in [1.82, 2.24) is 9.88 Å². The zero-order valence-corrected chi connectivity index (χ0v) is 10.6. The Labute approximate surface area is 101 Å². The summed E-state index contributed by atoms with van der Waals surface area (Å²) in [4.78, 5) is 7.66. The van der Waals surface area contributed by atoms with E-state index in [9.17, 15) is 0 Å². The Balaban J connectivity index is 0.00000112. The molecule has 2 N–H and O–H groups in total. The molecule has 0 radical (unpaired) electrons. The number of hydrogen-bond acceptors (Lipinski definition) is 4. The van der Waals surface area contributed by atoms with Crippen LogP contribution < -0.4 is 5.73 Å². The number of rotatable bonds is 5. The van der Waals surface area contributed by atoms with Gasteiger partial charge in [0.2, 0.25) is 0 Å². The van der Waals surface area contributed by atoms with Gasteiger partial charge in [0.25, 0.3) is 0 Å². The van der Waals surface area contributed by atoms with Crippen molar-refractivity contribution in [3.63, 3.8) is 0 Å². The summed E-state index contributed by atoms with van der Waals surface area (Å²) in [6.07, 6.45) is 6.13. The van der Waals surface area contributed by atoms with Crippen LogP contribution in [-0.2, 0) is 6.54 Å². The van der Waals surface area contributed by atoms with Crippen molar-refractivity contribution >= 4 is 28.9 Å². The van der Waals surface area contributed by atoms with Gasteiger partial charge in [-0.2, -0.15) is 0 Å². The Hall–Kier alpha value is -0.320. The highest BCUT2D eigenvalue weighted by Crippen LogP contribution is 2.32. The lowest BCUT2D eigenvalue weighted by molar-refractivity contribution is 0.317. The van der Waals surface area contributed by atoms with Gasteiger partial charge in [0.15, 0.2) is 5.13 Å². The molecule has 1 saturated carbocycles. The first-order valence-corrected chi connectivity index (χ1v) is 5.94. The maximum Gasteiger partial charge on any atom is 0.180 e. The Bertz CT molecular complexity index is 299. The van der Waals surface area contributed by atoms with Gasteiger partial charge < -0.3 is 10.6 Å². The number of aromatic nitrogens is 1. The van der Waals surface area contributed by atoms with Crippen LogP contribution in [0, 0.1) is 5.92 Å². The summed E-state index contributed by atoms with van der Waals surface area (Å²) in [7, 11) is 2.16. The van der Waals surface area contributed by atoms with Gasteiger partial charge in [-0.1, -0.05) is 12.8 Å². The average Bonchev–Trinajstić information content (AvgIpc) is 2.88. The lowest BCUT2D eigenvalue weighted by Gasteiger charge is -2.14. The van der Waals surface area contributed by atoms with Crippen LogP contribution in [-0.4, -0.2) is 23.5 Å². The van der Waals surface area contributed by atoms with Crippen LogP contribution >= 0.6 is 23.7 Å². The van der Waals surface area contributed by atoms with Crippen LogP contribution in [0.3, 0.4) is 0 Å². The van der Waals surface area contributed by atoms with Crippen LogP contribution in [0.4, 0.5) is 5.13 Å². The van der Waals surface area contributed by atoms with E-state index in [1.54, 1.807) is 11.3 Å². The van der Waals surface area contributed by atoms with E-state index in [4.69, 9.17) is 5.73 Å². The molecule has 0 amide bonds. The predicted octanol–water partition coefficient (Wildman–Crippen LogP) is 2.38. The molecule has 15 heavy (non-hydrogen) atoms. The highest BCUT2D eigenvalue weighted by Gasteiger charge is 2.21. The van der Waals surface area contributed by atoms with E-state index in [0.717, 1.165) is 12.5 Å². The number of hydrogen-bond donors (Lipinski definition) is 1. The molecule has 0 spiro atoms. The van der Waals surface area contributed by atoms with Gasteiger partial charge in [0, 0.05) is 17.6 Å². The molecular formula is C10H18ClN3S. The van der Waals surface area contributed by atoms with Gasteiger partial charge in [0.05, 0.1) is 0 Å². The molecule has 1 heterocycles. The van der Waals surface area contributed by atoms with Gasteiger partial charge in [-0.25, -0.2) is 4.98 Å². The summed E-state index contributed by atoms with van der Waals surface area (Å²) < 4.78 is 0. The molecule has 1 aromatic rings. The van der Waals surface area contributed by atoms with E-state index in [2.05, 4.69) is 16.9 Å². The minimum Gasteiger partial charge on any atom is -0.375 e. The topological polar surface area (TPSA) is 42.2 Å². The molecule has 1 fully saturated rings. The summed E-state index contributed by atoms with van der Waals surface area (Å²) in [5, 5.41) is 0.676. The van der Waals surface area contributed by atoms with Crippen molar-refractivity contribution < 1.29 is 0 Å². The first-order valence-electron chi connectivity index (χ1n) is 5.13. The minimum absolute atomic E-state index is 0. The minimum atomic E-state index is 0. The van der Waals surface area contributed by atoms with Crippen LogP contribution in [0.2, 0.25) is 0 Å². The molecule has 2 rings (SSSR count). The predicted molar refractivity (Wildman–Crippen MR) is 67.4 cm³/mol. The summed E-state index contributed by atoms with van der Waals surface area (Å²) >= 11 is 1.59. The van der Waals surface area contributed by atoms with Crippen molar-refractivity contribution in [1.29, 1.82) is 0 Å². The number of halogens is 1. The molecule has 1 aliphatic carbocycles. The summed E-state index contributed by atoms with van der Waals surface area (Å²) in [5.41, 5.74) is 5.58. The Morgan fingerprint density at radius 3 is 2.87 bits per heavy atom. The summed E-state index contributed by atoms with van der Waals surface area (Å²) in [6, 6.07) is 0. The first kappa shape index (κ1) is 12.7. The fraction of sp³-hybridized carbons (Fsp3) is 0.700. The molecular weight excluding hydrogens is 230 g/mol. The van der Waals surface area contributed by atoms with E-state index < -0.39 is 0 Å². The van der Waals surface area contributed by atoms with Crippen LogP contribution in [0.1, 0.15) is 24.1 Å². The van der Waals surface area contributed by atoms with Gasteiger partial charge in [-0.05, 0) is 25.9 Å². The zero-order chi connectivity index (χ0) is 9.97. The van der Waals surface area contributed by atoms with Crippen LogP contribution in [0.25, 0.3) is 0 Å². The molecule has 1 aromatic heterocycles. The van der Waals surface area contributed by atoms with E-state index in [0.29, 0.717) is 5.13 Å². The Morgan fingerprint density at radius 1 is 1.60 bits per heavy atom. The standard InChI is InChI=1S/C10H17N3S.ClH/c1-13(5-4-8-2-3-8)7-9-6-12-10(11)14-9;/h6,8H,2-5,7H2,1H3,(H2,11,12);1H. The lowest BCUT2D eigenvalue weighted by Crippen LogP contribution is -2.18. The monoisotopic (exact) mass is 247 g/mol. The summed E-state index contributed by atoms with van der Waals surface area (Å²) in [5.74, 6) is 1.02. The zero-order valence-electron chi connectivity index (χ0n) is 8.98. The number of nitrogens with zero attached hydrogens (tertiary/aromatic N) is 2. The normalized spacial score (nSPS) is 15.3. The molecule has 0 atom stereocenters. The molecule has 0 saturated heterocycles. The summed E-state index contributed by atoms with van der Waals surface area (Å²) in [6.45, 7) is 2.18. The van der Waals surface area contributed by atoms with Gasteiger partial charge in [-0.3, -0.25) is 0 Å². The highest BCUT2D eigenvalue weighted by molar-refractivity contribution is 7.15. The Morgan fingerprint density at radius 2 is 2.33 bits per heavy atom. The number of nitrogens with two attached hydrogens (primary N) is 1. The smallest absolute Gasteiger partial charge is 0.180 e. The lowest BCUT2D eigenvalue weighted by atomic mass is 10.3. The van der Waals surface area contributed by atoms with Crippen molar-refractivity contribution in [3.05, 3.63) is 11.1 Å². The molecule has 0 aromatic carbocycles. The van der Waals surface area contributed by atoms with E-state index in [1.807, 2.05) is 6.20 Å². The highest BCUT2D eigenvalue weighted by atomic mass is 35.5. The van der Waals surface area contributed by atoms with Crippen molar-refractivity contribution in [2.45, 2.75) is 25.8 Å². The second-order valence-corrected chi connectivity index (χ2v) is 5.28. The molecule has 5 heteroatoms. The number of anilines is 1. The first-order chi connectivity index (χ1) is 6.74. The van der Waals surface area contributed by atoms with E-state index in [-0.39, 0.29) is 12.4 Å². The SMILES string of the molecule is CN(CCC1CC1)Cc1cnc(N)s1.Cl. The van der Waals surface area contributed by atoms with Crippen LogP contribution in [0.5, 0.6) is 0 Å². The van der Waals surface area contributed by atoms with Crippen LogP contribution in [0.15, 0.2) is 6.20 Å². The van der Waals surface area contributed by atoms with Gasteiger partial charge in [-0.15, -0.1) is 23.7 Å². The van der Waals surface area contributed by atoms with Crippen molar-refractivity contribution in [2.75, 3.05) is 19.3 Å². The third kappa shape index (κ3) is 4.36.